The lowest BCUT2D eigenvalue weighted by molar-refractivity contribution is 0.262. The topological polar surface area (TPSA) is 66.9 Å². The molecule has 3 aromatic rings. The van der Waals surface area contributed by atoms with Crippen molar-refractivity contribution in [2.75, 3.05) is 10.6 Å². The SMILES string of the molecule is Cc1cc(C)c(NC(=O)Nc2ccc3nc(C)c(C)nc3c2)c(C)c1. The number of amides is 2. The molecule has 2 N–H and O–H groups in total. The van der Waals surface area contributed by atoms with Gasteiger partial charge in [0.25, 0.3) is 0 Å². The van der Waals surface area contributed by atoms with Crippen LogP contribution in [-0.2, 0) is 0 Å². The first-order valence-corrected chi connectivity index (χ1v) is 8.24. The number of anilines is 2. The number of rotatable bonds is 2. The molecule has 0 aliphatic heterocycles. The number of nitrogens with zero attached hydrogens (tertiary/aromatic N) is 2. The van der Waals surface area contributed by atoms with E-state index >= 15 is 0 Å². The van der Waals surface area contributed by atoms with Crippen molar-refractivity contribution in [3.8, 4) is 0 Å². The van der Waals surface area contributed by atoms with Crippen molar-refractivity contribution < 1.29 is 4.79 Å². The smallest absolute Gasteiger partial charge is 0.308 e. The first kappa shape index (κ1) is 16.9. The average molecular weight is 334 g/mol. The largest absolute Gasteiger partial charge is 0.323 e. The number of hydrogen-bond acceptors (Lipinski definition) is 3. The molecule has 0 spiro atoms. The van der Waals surface area contributed by atoms with E-state index in [-0.39, 0.29) is 6.03 Å². The van der Waals surface area contributed by atoms with Crippen molar-refractivity contribution in [2.24, 2.45) is 0 Å². The highest BCUT2D eigenvalue weighted by molar-refractivity contribution is 6.01. The molecule has 0 saturated heterocycles. The van der Waals surface area contributed by atoms with Crippen LogP contribution in [-0.4, -0.2) is 16.0 Å². The summed E-state index contributed by atoms with van der Waals surface area (Å²) in [5.74, 6) is 0. The maximum Gasteiger partial charge on any atom is 0.323 e. The zero-order valence-electron chi connectivity index (χ0n) is 15.2. The third-order valence-electron chi connectivity index (χ3n) is 4.25. The number of urea groups is 1. The molecule has 0 unspecified atom stereocenters. The van der Waals surface area contributed by atoms with Gasteiger partial charge < -0.3 is 10.6 Å². The van der Waals surface area contributed by atoms with E-state index in [1.807, 2.05) is 52.8 Å². The summed E-state index contributed by atoms with van der Waals surface area (Å²) in [5, 5.41) is 5.80. The highest BCUT2D eigenvalue weighted by Gasteiger charge is 2.09. The highest BCUT2D eigenvalue weighted by atomic mass is 16.2. The van der Waals surface area contributed by atoms with Crippen molar-refractivity contribution in [3.63, 3.8) is 0 Å². The van der Waals surface area contributed by atoms with Crippen molar-refractivity contribution in [3.05, 3.63) is 58.4 Å². The lowest BCUT2D eigenvalue weighted by Gasteiger charge is -2.14. The Balaban J connectivity index is 1.81. The Hall–Kier alpha value is -2.95. The number of aryl methyl sites for hydroxylation is 5. The first-order chi connectivity index (χ1) is 11.8. The molecule has 5 nitrogen and oxygen atoms in total. The van der Waals surface area contributed by atoms with Gasteiger partial charge in [-0.3, -0.25) is 0 Å². The van der Waals surface area contributed by atoms with E-state index in [4.69, 9.17) is 0 Å². The zero-order chi connectivity index (χ0) is 18.1. The Morgan fingerprint density at radius 1 is 0.800 bits per heavy atom. The minimum atomic E-state index is -0.272. The predicted molar refractivity (Wildman–Crippen MR) is 102 cm³/mol. The summed E-state index contributed by atoms with van der Waals surface area (Å²) in [6, 6.07) is 9.38. The Labute approximate surface area is 147 Å². The molecule has 1 heterocycles. The van der Waals surface area contributed by atoms with Crippen molar-refractivity contribution in [1.29, 1.82) is 0 Å². The monoisotopic (exact) mass is 334 g/mol. The third kappa shape index (κ3) is 3.60. The summed E-state index contributed by atoms with van der Waals surface area (Å²) in [5.41, 5.74) is 8.19. The number of benzene rings is 2. The van der Waals surface area contributed by atoms with Gasteiger partial charge in [-0.05, 0) is 63.9 Å². The maximum atomic E-state index is 12.4. The molecule has 2 amide bonds. The van der Waals surface area contributed by atoms with E-state index < -0.39 is 0 Å². The summed E-state index contributed by atoms with van der Waals surface area (Å²) in [6.07, 6.45) is 0. The highest BCUT2D eigenvalue weighted by Crippen LogP contribution is 2.23. The lowest BCUT2D eigenvalue weighted by Crippen LogP contribution is -2.20. The molecule has 0 saturated carbocycles. The van der Waals surface area contributed by atoms with Gasteiger partial charge in [0.1, 0.15) is 0 Å². The molecule has 0 aliphatic carbocycles. The molecule has 0 atom stereocenters. The minimum Gasteiger partial charge on any atom is -0.308 e. The summed E-state index contributed by atoms with van der Waals surface area (Å²) in [6.45, 7) is 9.90. The van der Waals surface area contributed by atoms with Crippen LogP contribution in [0, 0.1) is 34.6 Å². The van der Waals surface area contributed by atoms with Crippen LogP contribution in [0.5, 0.6) is 0 Å². The van der Waals surface area contributed by atoms with Crippen LogP contribution in [0.3, 0.4) is 0 Å². The summed E-state index contributed by atoms with van der Waals surface area (Å²) in [4.78, 5) is 21.4. The number of carbonyl (C=O) groups is 1. The Kier molecular flexibility index (Phi) is 4.40. The Morgan fingerprint density at radius 2 is 1.40 bits per heavy atom. The third-order valence-corrected chi connectivity index (χ3v) is 4.25. The number of carbonyl (C=O) groups excluding carboxylic acids is 1. The molecule has 5 heteroatoms. The molecule has 3 rings (SSSR count). The van der Waals surface area contributed by atoms with Gasteiger partial charge in [-0.1, -0.05) is 17.7 Å². The fourth-order valence-electron chi connectivity index (χ4n) is 2.96. The van der Waals surface area contributed by atoms with Gasteiger partial charge >= 0.3 is 6.03 Å². The van der Waals surface area contributed by atoms with Crippen molar-refractivity contribution in [2.45, 2.75) is 34.6 Å². The molecular weight excluding hydrogens is 312 g/mol. The van der Waals surface area contributed by atoms with Crippen LogP contribution in [0.1, 0.15) is 28.1 Å². The van der Waals surface area contributed by atoms with E-state index in [1.54, 1.807) is 0 Å². The standard InChI is InChI=1S/C20H22N4O/c1-11-8-12(2)19(13(3)9-11)24-20(25)23-16-6-7-17-18(10-16)22-15(5)14(4)21-17/h6-10H,1-5H3,(H2,23,24,25). The lowest BCUT2D eigenvalue weighted by atomic mass is 10.1. The normalized spacial score (nSPS) is 10.8. The van der Waals surface area contributed by atoms with Crippen LogP contribution in [0.2, 0.25) is 0 Å². The van der Waals surface area contributed by atoms with Gasteiger partial charge in [-0.2, -0.15) is 0 Å². The number of fused-ring (bicyclic) bond motifs is 1. The van der Waals surface area contributed by atoms with E-state index in [9.17, 15) is 4.79 Å². The van der Waals surface area contributed by atoms with Crippen LogP contribution in [0.4, 0.5) is 16.2 Å². The van der Waals surface area contributed by atoms with Gasteiger partial charge in [-0.25, -0.2) is 14.8 Å². The molecular formula is C20H22N4O. The number of aromatic nitrogens is 2. The summed E-state index contributed by atoms with van der Waals surface area (Å²) in [7, 11) is 0. The number of hydrogen-bond donors (Lipinski definition) is 2. The molecule has 0 aliphatic rings. The summed E-state index contributed by atoms with van der Waals surface area (Å²) < 4.78 is 0. The van der Waals surface area contributed by atoms with Gasteiger partial charge in [0.2, 0.25) is 0 Å². The molecule has 0 radical (unpaired) electrons. The second kappa shape index (κ2) is 6.51. The molecule has 0 bridgehead atoms. The van der Waals surface area contributed by atoms with E-state index in [0.29, 0.717) is 5.69 Å². The van der Waals surface area contributed by atoms with Gasteiger partial charge in [0.05, 0.1) is 22.4 Å². The second-order valence-corrected chi connectivity index (χ2v) is 6.45. The van der Waals surface area contributed by atoms with Gasteiger partial charge in [0.15, 0.2) is 0 Å². The van der Waals surface area contributed by atoms with E-state index in [2.05, 4.69) is 32.7 Å². The Bertz CT molecular complexity index is 956. The van der Waals surface area contributed by atoms with Gasteiger partial charge in [-0.15, -0.1) is 0 Å². The maximum absolute atomic E-state index is 12.4. The average Bonchev–Trinajstić information content (AvgIpc) is 2.52. The fraction of sp³-hybridized carbons (Fsp3) is 0.250. The molecule has 25 heavy (non-hydrogen) atoms. The van der Waals surface area contributed by atoms with Crippen LogP contribution in [0.15, 0.2) is 30.3 Å². The molecule has 0 fully saturated rings. The second-order valence-electron chi connectivity index (χ2n) is 6.45. The molecule has 128 valence electrons. The quantitative estimate of drug-likeness (QED) is 0.706. The van der Waals surface area contributed by atoms with Crippen LogP contribution >= 0.6 is 0 Å². The van der Waals surface area contributed by atoms with Crippen LogP contribution in [0.25, 0.3) is 11.0 Å². The first-order valence-electron chi connectivity index (χ1n) is 8.24. The van der Waals surface area contributed by atoms with Crippen LogP contribution < -0.4 is 10.6 Å². The van der Waals surface area contributed by atoms with E-state index in [0.717, 1.165) is 39.2 Å². The molecule has 1 aromatic heterocycles. The predicted octanol–water partition coefficient (Wildman–Crippen LogP) is 4.82. The van der Waals surface area contributed by atoms with Crippen molar-refractivity contribution in [1.82, 2.24) is 9.97 Å². The van der Waals surface area contributed by atoms with Gasteiger partial charge in [0, 0.05) is 11.4 Å². The van der Waals surface area contributed by atoms with E-state index in [1.165, 1.54) is 5.56 Å². The number of nitrogens with one attached hydrogen (secondary N) is 2. The minimum absolute atomic E-state index is 0.272. The summed E-state index contributed by atoms with van der Waals surface area (Å²) >= 11 is 0. The molecule has 2 aromatic carbocycles. The Morgan fingerprint density at radius 3 is 2.04 bits per heavy atom. The van der Waals surface area contributed by atoms with Crippen molar-refractivity contribution >= 4 is 28.4 Å². The fourth-order valence-corrected chi connectivity index (χ4v) is 2.96. The zero-order valence-corrected chi connectivity index (χ0v) is 15.2.